The van der Waals surface area contributed by atoms with Crippen molar-refractivity contribution in [2.75, 3.05) is 0 Å². The normalized spacial score (nSPS) is 13.2. The van der Waals surface area contributed by atoms with Gasteiger partial charge >= 0.3 is 0 Å². The van der Waals surface area contributed by atoms with Crippen LogP contribution >= 0.6 is 0 Å². The number of aromatic amines is 1. The smallest absolute Gasteiger partial charge is 0.0551 e. The van der Waals surface area contributed by atoms with Gasteiger partial charge in [0.2, 0.25) is 0 Å². The maximum absolute atomic E-state index is 3.73. The zero-order chi connectivity index (χ0) is 20.6. The fraction of sp³-hybridized carbons (Fsp3) is 0.286. The van der Waals surface area contributed by atoms with E-state index in [4.69, 9.17) is 0 Å². The minimum Gasteiger partial charge on any atom is -0.354 e. The Balaban J connectivity index is 2.05. The predicted octanol–water partition coefficient (Wildman–Crippen LogP) is 8.22. The third-order valence-corrected chi connectivity index (χ3v) is 6.31. The first-order valence-electron chi connectivity index (χ1n) is 10.6. The molecule has 0 radical (unpaired) electrons. The maximum Gasteiger partial charge on any atom is 0.0551 e. The molecule has 29 heavy (non-hydrogen) atoms. The van der Waals surface area contributed by atoms with Gasteiger partial charge in [-0.25, -0.2) is 0 Å². The van der Waals surface area contributed by atoms with Crippen molar-refractivity contribution in [3.63, 3.8) is 0 Å². The van der Waals surface area contributed by atoms with Gasteiger partial charge in [-0.3, -0.25) is 0 Å². The van der Waals surface area contributed by atoms with E-state index in [9.17, 15) is 0 Å². The van der Waals surface area contributed by atoms with E-state index in [0.29, 0.717) is 0 Å². The van der Waals surface area contributed by atoms with Gasteiger partial charge in [-0.1, -0.05) is 84.0 Å². The minimum absolute atomic E-state index is 0.120. The maximum atomic E-state index is 3.73. The number of para-hydroxylation sites is 1. The molecule has 1 heteroatoms. The third kappa shape index (κ3) is 2.75. The summed E-state index contributed by atoms with van der Waals surface area (Å²) in [6.07, 6.45) is 0. The van der Waals surface area contributed by atoms with E-state index in [1.54, 1.807) is 0 Å². The molecule has 5 aromatic rings. The summed E-state index contributed by atoms with van der Waals surface area (Å²) in [7, 11) is 0. The van der Waals surface area contributed by atoms with Crippen molar-refractivity contribution >= 4 is 43.4 Å². The highest BCUT2D eigenvalue weighted by atomic mass is 14.7. The Morgan fingerprint density at radius 1 is 0.552 bits per heavy atom. The van der Waals surface area contributed by atoms with Crippen LogP contribution in [0.5, 0.6) is 0 Å². The molecule has 1 aromatic heterocycles. The molecule has 5 rings (SSSR count). The fourth-order valence-electron chi connectivity index (χ4n) is 4.53. The molecule has 0 amide bonds. The Labute approximate surface area is 172 Å². The number of hydrogen-bond acceptors (Lipinski definition) is 0. The van der Waals surface area contributed by atoms with Crippen molar-refractivity contribution < 1.29 is 0 Å². The summed E-state index contributed by atoms with van der Waals surface area (Å²) in [6, 6.07) is 22.8. The fourth-order valence-corrected chi connectivity index (χ4v) is 4.53. The lowest BCUT2D eigenvalue weighted by Gasteiger charge is -2.22. The van der Waals surface area contributed by atoms with Crippen molar-refractivity contribution in [2.45, 2.75) is 52.4 Å². The molecule has 0 fully saturated rings. The summed E-state index contributed by atoms with van der Waals surface area (Å²) in [5, 5.41) is 7.99. The van der Waals surface area contributed by atoms with Gasteiger partial charge in [0.1, 0.15) is 0 Å². The first kappa shape index (κ1) is 18.2. The minimum atomic E-state index is 0.120. The second-order valence-electron chi connectivity index (χ2n) is 10.4. The summed E-state index contributed by atoms with van der Waals surface area (Å²) < 4.78 is 0. The zero-order valence-electron chi connectivity index (χ0n) is 18.3. The molecule has 0 saturated carbocycles. The molecule has 0 saturated heterocycles. The van der Waals surface area contributed by atoms with Gasteiger partial charge in [-0.2, -0.15) is 0 Å². The Bertz CT molecular complexity index is 1400. The molecule has 1 heterocycles. The molecule has 0 unspecified atom stereocenters. The predicted molar refractivity (Wildman–Crippen MR) is 128 cm³/mol. The van der Waals surface area contributed by atoms with E-state index in [0.717, 1.165) is 0 Å². The monoisotopic (exact) mass is 379 g/mol. The van der Waals surface area contributed by atoms with E-state index in [2.05, 4.69) is 107 Å². The number of fused-ring (bicyclic) bond motifs is 8. The van der Waals surface area contributed by atoms with Crippen LogP contribution in [0.1, 0.15) is 52.7 Å². The molecule has 146 valence electrons. The average molecular weight is 380 g/mol. The quantitative estimate of drug-likeness (QED) is 0.261. The molecule has 0 atom stereocenters. The van der Waals surface area contributed by atoms with E-state index in [1.807, 2.05) is 0 Å². The van der Waals surface area contributed by atoms with Crippen LogP contribution in [0.25, 0.3) is 43.4 Å². The first-order chi connectivity index (χ1) is 13.6. The Kier molecular flexibility index (Phi) is 3.68. The van der Waals surface area contributed by atoms with Crippen LogP contribution in [-0.4, -0.2) is 4.98 Å². The van der Waals surface area contributed by atoms with Crippen LogP contribution in [0.4, 0.5) is 0 Å². The molecular formula is C28H29N. The Hall–Kier alpha value is -2.80. The summed E-state index contributed by atoms with van der Waals surface area (Å²) in [4.78, 5) is 3.73. The molecule has 0 aliphatic rings. The van der Waals surface area contributed by atoms with Crippen molar-refractivity contribution in [1.82, 2.24) is 4.98 Å². The van der Waals surface area contributed by atoms with Crippen molar-refractivity contribution in [3.05, 3.63) is 71.8 Å². The number of H-pyrrole nitrogens is 1. The highest BCUT2D eigenvalue weighted by Crippen LogP contribution is 2.41. The van der Waals surface area contributed by atoms with Crippen molar-refractivity contribution in [2.24, 2.45) is 0 Å². The Morgan fingerprint density at radius 3 is 1.79 bits per heavy atom. The number of aromatic nitrogens is 1. The van der Waals surface area contributed by atoms with Crippen molar-refractivity contribution in [1.29, 1.82) is 0 Å². The Morgan fingerprint density at radius 2 is 1.14 bits per heavy atom. The standard InChI is InChI=1S/C28H29N/c1-27(2,3)17-12-14-20-22(15-17)19-13-11-18(28(4,5)6)16-23(19)25-21-9-7-8-10-24(21)29-26(20)25/h7-16,29H,1-6H3. The number of nitrogens with one attached hydrogen (secondary N) is 1. The van der Waals surface area contributed by atoms with Gasteiger partial charge in [0.15, 0.2) is 0 Å². The topological polar surface area (TPSA) is 15.8 Å². The summed E-state index contributed by atoms with van der Waals surface area (Å²) in [5.74, 6) is 0. The highest BCUT2D eigenvalue weighted by Gasteiger charge is 2.20. The van der Waals surface area contributed by atoms with E-state index in [-0.39, 0.29) is 10.8 Å². The number of rotatable bonds is 0. The molecule has 0 bridgehead atoms. The van der Waals surface area contributed by atoms with Gasteiger partial charge in [0.25, 0.3) is 0 Å². The first-order valence-corrected chi connectivity index (χ1v) is 10.6. The molecular weight excluding hydrogens is 350 g/mol. The van der Waals surface area contributed by atoms with Crippen LogP contribution in [-0.2, 0) is 10.8 Å². The lowest BCUT2D eigenvalue weighted by Crippen LogP contribution is -2.11. The van der Waals surface area contributed by atoms with Gasteiger partial charge in [0.05, 0.1) is 5.52 Å². The molecule has 0 spiro atoms. The van der Waals surface area contributed by atoms with Crippen LogP contribution in [0.15, 0.2) is 60.7 Å². The molecule has 0 aliphatic heterocycles. The number of benzene rings is 4. The SMILES string of the molecule is CC(C)(C)c1ccc2c(c1)c1ccc(C(C)(C)C)cc1c1c3ccccc3[nH]c21. The van der Waals surface area contributed by atoms with Crippen LogP contribution < -0.4 is 0 Å². The highest BCUT2D eigenvalue weighted by molar-refractivity contribution is 6.31. The van der Waals surface area contributed by atoms with Crippen LogP contribution in [0, 0.1) is 0 Å². The van der Waals surface area contributed by atoms with E-state index < -0.39 is 0 Å². The molecule has 0 aliphatic carbocycles. The summed E-state index contributed by atoms with van der Waals surface area (Å²) in [5.41, 5.74) is 5.46. The third-order valence-electron chi connectivity index (χ3n) is 6.31. The van der Waals surface area contributed by atoms with Gasteiger partial charge < -0.3 is 4.98 Å². The van der Waals surface area contributed by atoms with Gasteiger partial charge in [0, 0.05) is 21.7 Å². The van der Waals surface area contributed by atoms with Crippen LogP contribution in [0.3, 0.4) is 0 Å². The van der Waals surface area contributed by atoms with Gasteiger partial charge in [-0.05, 0) is 56.3 Å². The van der Waals surface area contributed by atoms with Gasteiger partial charge in [-0.15, -0.1) is 0 Å². The summed E-state index contributed by atoms with van der Waals surface area (Å²) in [6.45, 7) is 13.7. The molecule has 1 N–H and O–H groups in total. The second kappa shape index (κ2) is 5.86. The second-order valence-corrected chi connectivity index (χ2v) is 10.4. The lowest BCUT2D eigenvalue weighted by atomic mass is 9.82. The zero-order valence-corrected chi connectivity index (χ0v) is 18.3. The lowest BCUT2D eigenvalue weighted by molar-refractivity contribution is 0.591. The van der Waals surface area contributed by atoms with E-state index in [1.165, 1.54) is 54.5 Å². The summed E-state index contributed by atoms with van der Waals surface area (Å²) >= 11 is 0. The van der Waals surface area contributed by atoms with Crippen molar-refractivity contribution in [3.8, 4) is 0 Å². The number of hydrogen-bond donors (Lipinski definition) is 1. The van der Waals surface area contributed by atoms with Crippen LogP contribution in [0.2, 0.25) is 0 Å². The molecule has 1 nitrogen and oxygen atoms in total. The average Bonchev–Trinajstić information content (AvgIpc) is 3.06. The molecule has 4 aromatic carbocycles. The largest absolute Gasteiger partial charge is 0.354 e. The van der Waals surface area contributed by atoms with E-state index >= 15 is 0 Å².